The lowest BCUT2D eigenvalue weighted by Crippen LogP contribution is -2.39. The Kier molecular flexibility index (Phi) is 11.6. The topological polar surface area (TPSA) is 149 Å². The van der Waals surface area contributed by atoms with E-state index in [2.05, 4.69) is 42.0 Å². The van der Waals surface area contributed by atoms with Crippen LogP contribution in [0.1, 0.15) is 74.0 Å². The SMILES string of the molecule is CC(C)(C)c1ccc(NC(=O)[C@@H](NC(=O)Nc2ccc(C(=O)NCCCCCC(=O)NO)cc2)c2ccccc2)cc1. The number of nitrogens with one attached hydrogen (secondary N) is 5. The molecule has 0 heterocycles. The van der Waals surface area contributed by atoms with E-state index in [1.807, 2.05) is 30.3 Å². The van der Waals surface area contributed by atoms with E-state index in [1.165, 1.54) is 0 Å². The van der Waals surface area contributed by atoms with Gasteiger partial charge in [0, 0.05) is 29.9 Å². The van der Waals surface area contributed by atoms with Crippen LogP contribution in [-0.2, 0) is 15.0 Å². The molecule has 42 heavy (non-hydrogen) atoms. The van der Waals surface area contributed by atoms with E-state index in [4.69, 9.17) is 5.21 Å². The van der Waals surface area contributed by atoms with E-state index in [-0.39, 0.29) is 23.7 Å². The fourth-order valence-electron chi connectivity index (χ4n) is 4.16. The first-order valence-electron chi connectivity index (χ1n) is 13.9. The lowest BCUT2D eigenvalue weighted by Gasteiger charge is -2.21. The number of unbranched alkanes of at least 4 members (excludes halogenated alkanes) is 2. The van der Waals surface area contributed by atoms with Crippen LogP contribution in [0.5, 0.6) is 0 Å². The van der Waals surface area contributed by atoms with Crippen molar-refractivity contribution in [2.24, 2.45) is 0 Å². The van der Waals surface area contributed by atoms with Crippen LogP contribution >= 0.6 is 0 Å². The number of carbonyl (C=O) groups excluding carboxylic acids is 4. The maximum absolute atomic E-state index is 13.3. The third kappa shape index (κ3) is 10.0. The molecule has 0 bridgehead atoms. The van der Waals surface area contributed by atoms with E-state index < -0.39 is 18.0 Å². The highest BCUT2D eigenvalue weighted by molar-refractivity contribution is 6.00. The standard InChI is InChI=1S/C32H39N5O5/c1-32(2,3)24-15-19-25(20-16-24)34-30(40)28(22-10-6-4-7-11-22)36-31(41)35-26-17-13-23(14-18-26)29(39)33-21-9-5-8-12-27(38)37-42/h4,6-7,10-11,13-20,28,42H,5,8-9,12,21H2,1-3H3,(H,33,39)(H,34,40)(H,37,38)(H2,35,36,41)/t28-/m0/s1. The molecule has 10 nitrogen and oxygen atoms in total. The summed E-state index contributed by atoms with van der Waals surface area (Å²) in [5, 5.41) is 19.7. The smallest absolute Gasteiger partial charge is 0.320 e. The molecule has 3 rings (SSSR count). The van der Waals surface area contributed by atoms with Gasteiger partial charge in [0.15, 0.2) is 0 Å². The van der Waals surface area contributed by atoms with Crippen molar-refractivity contribution in [3.63, 3.8) is 0 Å². The van der Waals surface area contributed by atoms with Gasteiger partial charge in [-0.15, -0.1) is 0 Å². The van der Waals surface area contributed by atoms with Gasteiger partial charge in [-0.2, -0.15) is 0 Å². The minimum atomic E-state index is -0.948. The predicted octanol–water partition coefficient (Wildman–Crippen LogP) is 5.28. The van der Waals surface area contributed by atoms with Gasteiger partial charge in [0.05, 0.1) is 0 Å². The number of benzene rings is 3. The molecule has 0 aliphatic rings. The molecule has 0 saturated heterocycles. The summed E-state index contributed by atoms with van der Waals surface area (Å²) >= 11 is 0. The van der Waals surface area contributed by atoms with Gasteiger partial charge in [0.2, 0.25) is 5.91 Å². The Hall–Kier alpha value is -4.70. The van der Waals surface area contributed by atoms with Gasteiger partial charge < -0.3 is 21.3 Å². The summed E-state index contributed by atoms with van der Waals surface area (Å²) in [6, 6.07) is 21.5. The van der Waals surface area contributed by atoms with Gasteiger partial charge in [-0.25, -0.2) is 10.3 Å². The summed E-state index contributed by atoms with van der Waals surface area (Å²) in [5.74, 6) is -1.07. The number of urea groups is 1. The van der Waals surface area contributed by atoms with Gasteiger partial charge in [0.25, 0.3) is 11.8 Å². The molecule has 0 saturated carbocycles. The first kappa shape index (κ1) is 31.8. The molecule has 0 aliphatic carbocycles. The van der Waals surface area contributed by atoms with Crippen LogP contribution in [0.3, 0.4) is 0 Å². The second-order valence-electron chi connectivity index (χ2n) is 10.9. The molecule has 0 aliphatic heterocycles. The van der Waals surface area contributed by atoms with E-state index >= 15 is 0 Å². The van der Waals surface area contributed by atoms with Gasteiger partial charge in [0.1, 0.15) is 6.04 Å². The van der Waals surface area contributed by atoms with Crippen LogP contribution in [0, 0.1) is 0 Å². The third-order valence-electron chi connectivity index (χ3n) is 6.58. The number of carbonyl (C=O) groups is 4. The van der Waals surface area contributed by atoms with Crippen molar-refractivity contribution in [3.8, 4) is 0 Å². The number of amides is 5. The number of rotatable bonds is 12. The Balaban J connectivity index is 1.55. The molecule has 3 aromatic rings. The largest absolute Gasteiger partial charge is 0.352 e. The van der Waals surface area contributed by atoms with E-state index in [0.717, 1.165) is 12.0 Å². The average Bonchev–Trinajstić information content (AvgIpc) is 2.98. The summed E-state index contributed by atoms with van der Waals surface area (Å²) in [6.45, 7) is 6.80. The van der Waals surface area contributed by atoms with E-state index in [1.54, 1.807) is 54.0 Å². The van der Waals surface area contributed by atoms with Crippen molar-refractivity contribution in [2.75, 3.05) is 17.2 Å². The zero-order valence-corrected chi connectivity index (χ0v) is 24.2. The lowest BCUT2D eigenvalue weighted by atomic mass is 9.87. The van der Waals surface area contributed by atoms with E-state index in [0.29, 0.717) is 41.9 Å². The van der Waals surface area contributed by atoms with Crippen molar-refractivity contribution in [3.05, 3.63) is 95.6 Å². The van der Waals surface area contributed by atoms with Crippen molar-refractivity contribution in [1.82, 2.24) is 16.1 Å². The third-order valence-corrected chi connectivity index (χ3v) is 6.58. The van der Waals surface area contributed by atoms with Crippen LogP contribution in [0.15, 0.2) is 78.9 Å². The monoisotopic (exact) mass is 573 g/mol. The zero-order valence-electron chi connectivity index (χ0n) is 24.2. The van der Waals surface area contributed by atoms with Crippen molar-refractivity contribution >= 4 is 35.1 Å². The highest BCUT2D eigenvalue weighted by Gasteiger charge is 2.23. The quantitative estimate of drug-likeness (QED) is 0.0990. The summed E-state index contributed by atoms with van der Waals surface area (Å²) in [7, 11) is 0. The molecular weight excluding hydrogens is 534 g/mol. The van der Waals surface area contributed by atoms with Crippen molar-refractivity contribution in [2.45, 2.75) is 57.9 Å². The van der Waals surface area contributed by atoms with Crippen LogP contribution in [0.4, 0.5) is 16.2 Å². The van der Waals surface area contributed by atoms with Crippen LogP contribution < -0.4 is 26.7 Å². The summed E-state index contributed by atoms with van der Waals surface area (Å²) in [4.78, 5) is 49.6. The van der Waals surface area contributed by atoms with Gasteiger partial charge >= 0.3 is 6.03 Å². The zero-order chi connectivity index (χ0) is 30.5. The molecule has 3 aromatic carbocycles. The second kappa shape index (κ2) is 15.3. The molecule has 5 amide bonds. The minimum absolute atomic E-state index is 0.0142. The Labute approximate surface area is 246 Å². The Morgan fingerprint density at radius 1 is 0.762 bits per heavy atom. The van der Waals surface area contributed by atoms with Crippen LogP contribution in [0.25, 0.3) is 0 Å². The van der Waals surface area contributed by atoms with Crippen LogP contribution in [-0.4, -0.2) is 35.5 Å². The Bertz CT molecular complexity index is 1340. The summed E-state index contributed by atoms with van der Waals surface area (Å²) in [6.07, 6.45) is 2.27. The van der Waals surface area contributed by atoms with E-state index in [9.17, 15) is 19.2 Å². The molecule has 0 fully saturated rings. The van der Waals surface area contributed by atoms with Crippen molar-refractivity contribution < 1.29 is 24.4 Å². The molecular formula is C32H39N5O5. The molecule has 10 heteroatoms. The summed E-state index contributed by atoms with van der Waals surface area (Å²) in [5.41, 5.74) is 4.85. The fraction of sp³-hybridized carbons (Fsp3) is 0.312. The molecule has 0 radical (unpaired) electrons. The first-order chi connectivity index (χ1) is 20.1. The number of hydroxylamine groups is 1. The Morgan fingerprint density at radius 3 is 2.00 bits per heavy atom. The first-order valence-corrected chi connectivity index (χ1v) is 13.9. The molecule has 0 unspecified atom stereocenters. The fourth-order valence-corrected chi connectivity index (χ4v) is 4.16. The number of anilines is 2. The summed E-state index contributed by atoms with van der Waals surface area (Å²) < 4.78 is 0. The highest BCUT2D eigenvalue weighted by Crippen LogP contribution is 2.24. The normalized spacial score (nSPS) is 11.6. The Morgan fingerprint density at radius 2 is 1.38 bits per heavy atom. The minimum Gasteiger partial charge on any atom is -0.352 e. The maximum Gasteiger partial charge on any atom is 0.320 e. The second-order valence-corrected chi connectivity index (χ2v) is 10.9. The van der Waals surface area contributed by atoms with Crippen LogP contribution in [0.2, 0.25) is 0 Å². The average molecular weight is 574 g/mol. The molecule has 222 valence electrons. The lowest BCUT2D eigenvalue weighted by molar-refractivity contribution is -0.129. The van der Waals surface area contributed by atoms with Gasteiger partial charge in [-0.3, -0.25) is 19.6 Å². The highest BCUT2D eigenvalue weighted by atomic mass is 16.5. The molecule has 6 N–H and O–H groups in total. The molecule has 0 spiro atoms. The molecule has 0 aromatic heterocycles. The van der Waals surface area contributed by atoms with Gasteiger partial charge in [-0.05, 0) is 65.8 Å². The predicted molar refractivity (Wildman–Crippen MR) is 162 cm³/mol. The maximum atomic E-state index is 13.3. The van der Waals surface area contributed by atoms with Crippen molar-refractivity contribution in [1.29, 1.82) is 0 Å². The molecule has 1 atom stereocenters. The number of hydrogen-bond acceptors (Lipinski definition) is 5. The van der Waals surface area contributed by atoms with Gasteiger partial charge in [-0.1, -0.05) is 69.7 Å². The number of hydrogen-bond donors (Lipinski definition) is 6.